The molecule has 24 heavy (non-hydrogen) atoms. The van der Waals surface area contributed by atoms with Crippen LogP contribution in [0.2, 0.25) is 5.28 Å². The molecule has 1 N–H and O–H groups in total. The van der Waals surface area contributed by atoms with E-state index in [4.69, 9.17) is 16.3 Å². The SMILES string of the molecule is Cn1ncc2nc(Cl)nc(N[C@H]3CC[C@H](N4CCOCC4)CC3)c21. The number of morpholine rings is 1. The molecule has 0 unspecified atom stereocenters. The molecule has 1 saturated carbocycles. The topological polar surface area (TPSA) is 68.1 Å². The van der Waals surface area contributed by atoms with Gasteiger partial charge in [-0.3, -0.25) is 9.58 Å². The van der Waals surface area contributed by atoms with Gasteiger partial charge in [0.25, 0.3) is 0 Å². The van der Waals surface area contributed by atoms with Crippen molar-refractivity contribution in [3.63, 3.8) is 0 Å². The fourth-order valence-corrected chi connectivity index (χ4v) is 4.05. The summed E-state index contributed by atoms with van der Waals surface area (Å²) in [5, 5.41) is 8.10. The fourth-order valence-electron chi connectivity index (χ4n) is 3.87. The van der Waals surface area contributed by atoms with Gasteiger partial charge in [0.1, 0.15) is 11.0 Å². The van der Waals surface area contributed by atoms with Crippen LogP contribution in [0.1, 0.15) is 25.7 Å². The van der Waals surface area contributed by atoms with Gasteiger partial charge in [-0.2, -0.15) is 10.1 Å². The van der Waals surface area contributed by atoms with E-state index >= 15 is 0 Å². The molecule has 7 nitrogen and oxygen atoms in total. The molecular formula is C16H23ClN6O. The molecule has 0 amide bonds. The summed E-state index contributed by atoms with van der Waals surface area (Å²) in [6.07, 6.45) is 6.44. The Labute approximate surface area is 146 Å². The van der Waals surface area contributed by atoms with Crippen molar-refractivity contribution in [2.75, 3.05) is 31.6 Å². The summed E-state index contributed by atoms with van der Waals surface area (Å²) in [5.41, 5.74) is 1.69. The summed E-state index contributed by atoms with van der Waals surface area (Å²) >= 11 is 6.06. The van der Waals surface area contributed by atoms with Gasteiger partial charge >= 0.3 is 0 Å². The minimum Gasteiger partial charge on any atom is -0.379 e. The molecule has 0 bridgehead atoms. The number of hydrogen-bond donors (Lipinski definition) is 1. The van der Waals surface area contributed by atoms with Crippen molar-refractivity contribution in [1.82, 2.24) is 24.6 Å². The van der Waals surface area contributed by atoms with Crippen LogP contribution in [0.5, 0.6) is 0 Å². The Morgan fingerprint density at radius 2 is 1.92 bits per heavy atom. The maximum Gasteiger partial charge on any atom is 0.225 e. The molecule has 1 saturated heterocycles. The maximum absolute atomic E-state index is 6.06. The molecule has 1 aliphatic heterocycles. The zero-order valence-electron chi connectivity index (χ0n) is 13.9. The molecule has 8 heteroatoms. The maximum atomic E-state index is 6.06. The van der Waals surface area contributed by atoms with Crippen molar-refractivity contribution < 1.29 is 4.74 Å². The highest BCUT2D eigenvalue weighted by atomic mass is 35.5. The number of ether oxygens (including phenoxy) is 1. The minimum atomic E-state index is 0.264. The second kappa shape index (κ2) is 6.82. The van der Waals surface area contributed by atoms with E-state index < -0.39 is 0 Å². The Morgan fingerprint density at radius 3 is 2.67 bits per heavy atom. The normalized spacial score (nSPS) is 25.9. The number of aryl methyl sites for hydroxylation is 1. The quantitative estimate of drug-likeness (QED) is 0.855. The lowest BCUT2D eigenvalue weighted by Gasteiger charge is -2.39. The number of hydrogen-bond acceptors (Lipinski definition) is 6. The van der Waals surface area contributed by atoms with Crippen LogP contribution < -0.4 is 5.32 Å². The van der Waals surface area contributed by atoms with Gasteiger partial charge < -0.3 is 10.1 Å². The number of rotatable bonds is 3. The number of anilines is 1. The van der Waals surface area contributed by atoms with Crippen LogP contribution in [-0.4, -0.2) is 63.0 Å². The van der Waals surface area contributed by atoms with E-state index in [9.17, 15) is 0 Å². The van der Waals surface area contributed by atoms with E-state index in [1.54, 1.807) is 10.9 Å². The van der Waals surface area contributed by atoms with Crippen molar-refractivity contribution in [2.45, 2.75) is 37.8 Å². The Hall–Kier alpha value is -1.44. The highest BCUT2D eigenvalue weighted by Crippen LogP contribution is 2.28. The molecule has 2 aliphatic rings. The monoisotopic (exact) mass is 350 g/mol. The molecule has 2 aromatic rings. The van der Waals surface area contributed by atoms with E-state index in [0.29, 0.717) is 12.1 Å². The van der Waals surface area contributed by atoms with Crippen LogP contribution in [0.25, 0.3) is 11.0 Å². The fraction of sp³-hybridized carbons (Fsp3) is 0.688. The second-order valence-corrected chi connectivity index (χ2v) is 6.98. The third kappa shape index (κ3) is 3.20. The first kappa shape index (κ1) is 16.1. The van der Waals surface area contributed by atoms with Crippen molar-refractivity contribution in [3.8, 4) is 0 Å². The average molecular weight is 351 g/mol. The van der Waals surface area contributed by atoms with Crippen molar-refractivity contribution >= 4 is 28.5 Å². The van der Waals surface area contributed by atoms with Gasteiger partial charge in [-0.1, -0.05) is 0 Å². The lowest BCUT2D eigenvalue weighted by molar-refractivity contribution is 0.00791. The lowest BCUT2D eigenvalue weighted by atomic mass is 9.90. The first-order chi connectivity index (χ1) is 11.7. The van der Waals surface area contributed by atoms with Gasteiger partial charge in [-0.15, -0.1) is 0 Å². The van der Waals surface area contributed by atoms with Crippen LogP contribution in [0.3, 0.4) is 0 Å². The van der Waals surface area contributed by atoms with Crippen LogP contribution in [-0.2, 0) is 11.8 Å². The molecular weight excluding hydrogens is 328 g/mol. The first-order valence-electron chi connectivity index (χ1n) is 8.64. The molecule has 4 rings (SSSR count). The van der Waals surface area contributed by atoms with Crippen LogP contribution in [0.15, 0.2) is 6.20 Å². The van der Waals surface area contributed by atoms with Crippen molar-refractivity contribution in [2.24, 2.45) is 7.05 Å². The van der Waals surface area contributed by atoms with E-state index in [0.717, 1.165) is 56.0 Å². The molecule has 0 spiro atoms. The number of nitrogens with one attached hydrogen (secondary N) is 1. The van der Waals surface area contributed by atoms with Crippen molar-refractivity contribution in [3.05, 3.63) is 11.5 Å². The van der Waals surface area contributed by atoms with Gasteiger partial charge in [0.15, 0.2) is 5.82 Å². The Kier molecular flexibility index (Phi) is 4.56. The predicted molar refractivity (Wildman–Crippen MR) is 93.4 cm³/mol. The third-order valence-electron chi connectivity index (χ3n) is 5.16. The predicted octanol–water partition coefficient (Wildman–Crippen LogP) is 2.07. The summed E-state index contributed by atoms with van der Waals surface area (Å²) in [6.45, 7) is 3.88. The van der Waals surface area contributed by atoms with E-state index in [-0.39, 0.29) is 5.28 Å². The van der Waals surface area contributed by atoms with E-state index in [2.05, 4.69) is 25.3 Å². The molecule has 3 heterocycles. The average Bonchev–Trinajstić information content (AvgIpc) is 2.97. The summed E-state index contributed by atoms with van der Waals surface area (Å²) in [5.74, 6) is 0.792. The largest absolute Gasteiger partial charge is 0.379 e. The highest BCUT2D eigenvalue weighted by Gasteiger charge is 2.27. The summed E-state index contributed by atoms with van der Waals surface area (Å²) in [7, 11) is 1.90. The third-order valence-corrected chi connectivity index (χ3v) is 5.33. The summed E-state index contributed by atoms with van der Waals surface area (Å²) < 4.78 is 7.26. The molecule has 1 aliphatic carbocycles. The van der Waals surface area contributed by atoms with Gasteiger partial charge in [0.2, 0.25) is 5.28 Å². The van der Waals surface area contributed by atoms with Crippen LogP contribution >= 0.6 is 11.6 Å². The number of halogens is 1. The van der Waals surface area contributed by atoms with Crippen LogP contribution in [0.4, 0.5) is 5.82 Å². The lowest BCUT2D eigenvalue weighted by Crippen LogP contribution is -2.46. The molecule has 0 aromatic carbocycles. The molecule has 0 atom stereocenters. The molecule has 2 aromatic heterocycles. The number of fused-ring (bicyclic) bond motifs is 1. The Balaban J connectivity index is 1.43. The van der Waals surface area contributed by atoms with Crippen LogP contribution in [0, 0.1) is 0 Å². The Bertz CT molecular complexity index is 706. The van der Waals surface area contributed by atoms with E-state index in [1.807, 2.05) is 7.05 Å². The summed E-state index contributed by atoms with van der Waals surface area (Å²) in [4.78, 5) is 11.2. The molecule has 2 fully saturated rings. The van der Waals surface area contributed by atoms with Gasteiger partial charge in [0, 0.05) is 32.2 Å². The van der Waals surface area contributed by atoms with Gasteiger partial charge in [-0.05, 0) is 37.3 Å². The zero-order chi connectivity index (χ0) is 16.5. The van der Waals surface area contributed by atoms with Gasteiger partial charge in [0.05, 0.1) is 19.4 Å². The summed E-state index contributed by atoms with van der Waals surface area (Å²) in [6, 6.07) is 1.11. The molecule has 0 radical (unpaired) electrons. The van der Waals surface area contributed by atoms with E-state index in [1.165, 1.54) is 12.8 Å². The zero-order valence-corrected chi connectivity index (χ0v) is 14.7. The Morgan fingerprint density at radius 1 is 1.17 bits per heavy atom. The number of aromatic nitrogens is 4. The minimum absolute atomic E-state index is 0.264. The number of nitrogens with zero attached hydrogens (tertiary/aromatic N) is 5. The second-order valence-electron chi connectivity index (χ2n) is 6.64. The first-order valence-corrected chi connectivity index (χ1v) is 9.02. The van der Waals surface area contributed by atoms with Crippen molar-refractivity contribution in [1.29, 1.82) is 0 Å². The van der Waals surface area contributed by atoms with Gasteiger partial charge in [-0.25, -0.2) is 4.98 Å². The highest BCUT2D eigenvalue weighted by molar-refractivity contribution is 6.28. The smallest absolute Gasteiger partial charge is 0.225 e. The molecule has 130 valence electrons. The standard InChI is InChI=1S/C16H23ClN6O/c1-22-14-13(10-18-22)20-16(17)21-15(14)19-11-2-4-12(5-3-11)23-6-8-24-9-7-23/h10-12H,2-9H2,1H3,(H,19,20,21)/t11-,12-.